The molecule has 3 heteroatoms. The first-order valence-corrected chi connectivity index (χ1v) is 7.72. The molecule has 0 aromatic heterocycles. The number of rotatable bonds is 5. The molecule has 1 aliphatic rings. The molecule has 1 aromatic rings. The van der Waals surface area contributed by atoms with E-state index in [1.165, 1.54) is 32.4 Å². The van der Waals surface area contributed by atoms with E-state index in [4.69, 9.17) is 11.6 Å². The fraction of sp³-hybridized carbons (Fsp3) is 0.625. The van der Waals surface area contributed by atoms with Crippen molar-refractivity contribution in [2.45, 2.75) is 38.7 Å². The number of hydrogen-bond donors (Lipinski definition) is 1. The van der Waals surface area contributed by atoms with Crippen LogP contribution in [0.5, 0.6) is 0 Å². The summed E-state index contributed by atoms with van der Waals surface area (Å²) >= 11 is 5.95. The third kappa shape index (κ3) is 4.48. The molecule has 1 aliphatic heterocycles. The van der Waals surface area contributed by atoms with Crippen molar-refractivity contribution in [3.8, 4) is 0 Å². The lowest BCUT2D eigenvalue weighted by Crippen LogP contribution is -2.36. The Hall–Kier alpha value is -0.570. The van der Waals surface area contributed by atoms with Crippen molar-refractivity contribution in [3.63, 3.8) is 0 Å². The molecule has 1 heterocycles. The first kappa shape index (κ1) is 14.8. The van der Waals surface area contributed by atoms with Gasteiger partial charge in [-0.3, -0.25) is 0 Å². The van der Waals surface area contributed by atoms with Gasteiger partial charge in [0.2, 0.25) is 0 Å². The summed E-state index contributed by atoms with van der Waals surface area (Å²) in [4.78, 5) is 2.49. The highest BCUT2D eigenvalue weighted by Crippen LogP contribution is 2.23. The molecule has 0 bridgehead atoms. The second-order valence-corrected chi connectivity index (χ2v) is 6.01. The Morgan fingerprint density at radius 3 is 3.05 bits per heavy atom. The van der Waals surface area contributed by atoms with Gasteiger partial charge in [-0.25, -0.2) is 0 Å². The van der Waals surface area contributed by atoms with Crippen molar-refractivity contribution in [2.24, 2.45) is 5.92 Å². The molecule has 1 N–H and O–H groups in total. The van der Waals surface area contributed by atoms with Gasteiger partial charge in [-0.1, -0.05) is 37.1 Å². The summed E-state index contributed by atoms with van der Waals surface area (Å²) in [5.41, 5.74) is 0.927. The molecular weight excluding hydrogens is 258 g/mol. The zero-order chi connectivity index (χ0) is 13.7. The van der Waals surface area contributed by atoms with Crippen LogP contribution in [0.15, 0.2) is 24.3 Å². The van der Waals surface area contributed by atoms with Gasteiger partial charge in [-0.05, 0) is 49.4 Å². The Bertz CT molecular complexity index is 396. The summed E-state index contributed by atoms with van der Waals surface area (Å²) in [6.45, 7) is 5.62. The first-order valence-electron chi connectivity index (χ1n) is 7.35. The molecule has 2 rings (SSSR count). The number of aliphatic hydroxyl groups is 1. The molecule has 0 amide bonds. The van der Waals surface area contributed by atoms with Crippen LogP contribution in [0.25, 0.3) is 0 Å². The lowest BCUT2D eigenvalue weighted by molar-refractivity contribution is 0.118. The second-order valence-electron chi connectivity index (χ2n) is 5.58. The summed E-state index contributed by atoms with van der Waals surface area (Å²) in [7, 11) is 0. The number of aliphatic hydroxyl groups excluding tert-OH is 1. The van der Waals surface area contributed by atoms with Gasteiger partial charge < -0.3 is 10.0 Å². The maximum Gasteiger partial charge on any atom is 0.0802 e. The van der Waals surface area contributed by atoms with E-state index in [9.17, 15) is 5.11 Å². The summed E-state index contributed by atoms with van der Waals surface area (Å²) in [5.74, 6) is 0.845. The molecular formula is C16H24ClNO. The Labute approximate surface area is 121 Å². The zero-order valence-electron chi connectivity index (χ0n) is 11.7. The highest BCUT2D eigenvalue weighted by atomic mass is 35.5. The molecule has 2 unspecified atom stereocenters. The van der Waals surface area contributed by atoms with Crippen LogP contribution >= 0.6 is 11.6 Å². The average molecular weight is 282 g/mol. The molecule has 0 aliphatic carbocycles. The molecule has 0 saturated carbocycles. The normalized spacial score (nSPS) is 22.4. The fourth-order valence-corrected chi connectivity index (χ4v) is 3.07. The predicted octanol–water partition coefficient (Wildman–Crippen LogP) is 3.89. The number of hydrogen-bond acceptors (Lipinski definition) is 2. The summed E-state index contributed by atoms with van der Waals surface area (Å²) < 4.78 is 0. The number of halogens is 1. The van der Waals surface area contributed by atoms with Crippen LogP contribution in [-0.2, 0) is 0 Å². The Kier molecular flexibility index (Phi) is 5.68. The number of benzene rings is 1. The maximum atomic E-state index is 10.2. The fourth-order valence-electron chi connectivity index (χ4n) is 2.87. The van der Waals surface area contributed by atoms with Gasteiger partial charge in [0.05, 0.1) is 6.10 Å². The Balaban J connectivity index is 1.81. The molecule has 2 nitrogen and oxygen atoms in total. The highest BCUT2D eigenvalue weighted by molar-refractivity contribution is 6.30. The topological polar surface area (TPSA) is 23.5 Å². The highest BCUT2D eigenvalue weighted by Gasteiger charge is 2.19. The Morgan fingerprint density at radius 2 is 2.32 bits per heavy atom. The lowest BCUT2D eigenvalue weighted by atomic mass is 9.95. The van der Waals surface area contributed by atoms with Crippen LogP contribution in [0.4, 0.5) is 0 Å². The molecule has 0 radical (unpaired) electrons. The third-order valence-corrected chi connectivity index (χ3v) is 4.37. The summed E-state index contributed by atoms with van der Waals surface area (Å²) in [5, 5.41) is 10.9. The van der Waals surface area contributed by atoms with E-state index in [0.29, 0.717) is 5.02 Å². The quantitative estimate of drug-likeness (QED) is 0.885. The minimum absolute atomic E-state index is 0.402. The van der Waals surface area contributed by atoms with E-state index in [1.54, 1.807) is 0 Å². The minimum Gasteiger partial charge on any atom is -0.388 e. The maximum absolute atomic E-state index is 10.2. The summed E-state index contributed by atoms with van der Waals surface area (Å²) in [6, 6.07) is 7.54. The third-order valence-electron chi connectivity index (χ3n) is 4.13. The van der Waals surface area contributed by atoms with Crippen LogP contribution < -0.4 is 0 Å². The summed E-state index contributed by atoms with van der Waals surface area (Å²) in [6.07, 6.45) is 4.32. The van der Waals surface area contributed by atoms with E-state index in [-0.39, 0.29) is 0 Å². The number of nitrogens with zero attached hydrogens (tertiary/aromatic N) is 1. The van der Waals surface area contributed by atoms with Crippen LogP contribution in [0, 0.1) is 5.92 Å². The largest absolute Gasteiger partial charge is 0.388 e. The van der Waals surface area contributed by atoms with E-state index < -0.39 is 6.10 Å². The van der Waals surface area contributed by atoms with Crippen molar-refractivity contribution >= 4 is 11.6 Å². The van der Waals surface area contributed by atoms with Gasteiger partial charge in [-0.15, -0.1) is 0 Å². The van der Waals surface area contributed by atoms with Crippen LogP contribution in [0.3, 0.4) is 0 Å². The predicted molar refractivity (Wildman–Crippen MR) is 80.5 cm³/mol. The van der Waals surface area contributed by atoms with Crippen LogP contribution in [0.2, 0.25) is 5.02 Å². The van der Waals surface area contributed by atoms with Crippen LogP contribution in [-0.4, -0.2) is 29.6 Å². The van der Waals surface area contributed by atoms with E-state index in [1.807, 2.05) is 24.3 Å². The molecule has 2 atom stereocenters. The molecule has 0 spiro atoms. The van der Waals surface area contributed by atoms with Gasteiger partial charge in [0, 0.05) is 18.1 Å². The smallest absolute Gasteiger partial charge is 0.0802 e. The van der Waals surface area contributed by atoms with Gasteiger partial charge in [0.15, 0.2) is 0 Å². The van der Waals surface area contributed by atoms with Crippen molar-refractivity contribution in [1.29, 1.82) is 0 Å². The standard InChI is InChI=1S/C16H24ClNO/c1-2-13-5-4-9-18(12-13)10-8-16(19)14-6-3-7-15(17)11-14/h3,6-7,11,13,16,19H,2,4-5,8-10,12H2,1H3. The molecule has 106 valence electrons. The average Bonchev–Trinajstić information content (AvgIpc) is 2.45. The van der Waals surface area contributed by atoms with Crippen LogP contribution in [0.1, 0.15) is 44.3 Å². The lowest BCUT2D eigenvalue weighted by Gasteiger charge is -2.32. The van der Waals surface area contributed by atoms with Crippen molar-refractivity contribution in [1.82, 2.24) is 4.90 Å². The number of piperidine rings is 1. The van der Waals surface area contributed by atoms with Gasteiger partial charge in [-0.2, -0.15) is 0 Å². The van der Waals surface area contributed by atoms with Gasteiger partial charge in [0.25, 0.3) is 0 Å². The number of likely N-dealkylation sites (tertiary alicyclic amines) is 1. The molecule has 19 heavy (non-hydrogen) atoms. The molecule has 1 fully saturated rings. The van der Waals surface area contributed by atoms with Gasteiger partial charge in [0.1, 0.15) is 0 Å². The van der Waals surface area contributed by atoms with E-state index in [2.05, 4.69) is 11.8 Å². The van der Waals surface area contributed by atoms with Crippen molar-refractivity contribution < 1.29 is 5.11 Å². The monoisotopic (exact) mass is 281 g/mol. The van der Waals surface area contributed by atoms with Gasteiger partial charge >= 0.3 is 0 Å². The molecule has 1 saturated heterocycles. The SMILES string of the molecule is CCC1CCCN(CCC(O)c2cccc(Cl)c2)C1. The zero-order valence-corrected chi connectivity index (χ0v) is 12.4. The Morgan fingerprint density at radius 1 is 1.47 bits per heavy atom. The van der Waals surface area contributed by atoms with Crippen molar-refractivity contribution in [3.05, 3.63) is 34.9 Å². The molecule has 1 aromatic carbocycles. The minimum atomic E-state index is -0.402. The first-order chi connectivity index (χ1) is 9.19. The second kappa shape index (κ2) is 7.28. The van der Waals surface area contributed by atoms with Crippen molar-refractivity contribution in [2.75, 3.05) is 19.6 Å². The van der Waals surface area contributed by atoms with E-state index >= 15 is 0 Å². The van der Waals surface area contributed by atoms with E-state index in [0.717, 1.165) is 24.4 Å².